The van der Waals surface area contributed by atoms with Crippen LogP contribution in [0.25, 0.3) is 44.3 Å². The van der Waals surface area contributed by atoms with E-state index in [0.29, 0.717) is 56.8 Å². The van der Waals surface area contributed by atoms with Crippen LogP contribution in [0.2, 0.25) is 0 Å². The minimum absolute atomic E-state index is 0.0499. The first-order valence-electron chi connectivity index (χ1n) is 19.3. The second-order valence-electron chi connectivity index (χ2n) is 15.9. The number of hydrogen-bond acceptors (Lipinski definition) is 16. The highest BCUT2D eigenvalue weighted by Crippen LogP contribution is 2.33. The van der Waals surface area contributed by atoms with Crippen molar-refractivity contribution >= 4 is 55.3 Å². The monoisotopic (exact) mass is 860 g/mol. The molecule has 0 bridgehead atoms. The first kappa shape index (κ1) is 43.3. The number of nitrogens with zero attached hydrogens (tertiary/aromatic N) is 8. The lowest BCUT2D eigenvalue weighted by Crippen LogP contribution is -2.26. The molecule has 0 radical (unpaired) electrons. The summed E-state index contributed by atoms with van der Waals surface area (Å²) in [5.74, 6) is 0.281. The number of nitrogens with one attached hydrogen (secondary N) is 2. The maximum absolute atomic E-state index is 13.4. The Morgan fingerprint density at radius 3 is 1.84 bits per heavy atom. The molecule has 7 rings (SSSR count). The summed E-state index contributed by atoms with van der Waals surface area (Å²) < 4.78 is 29.2. The summed E-state index contributed by atoms with van der Waals surface area (Å²) in [4.78, 5) is 64.4. The van der Waals surface area contributed by atoms with Crippen molar-refractivity contribution in [3.8, 4) is 22.5 Å². The minimum atomic E-state index is -3.89. The summed E-state index contributed by atoms with van der Waals surface area (Å²) in [5.41, 5.74) is 0.262. The molecule has 0 spiro atoms. The number of aryl methyl sites for hydroxylation is 2. The Bertz CT molecular complexity index is 3090. The first-order chi connectivity index (χ1) is 29.2. The Kier molecular flexibility index (Phi) is 11.6. The van der Waals surface area contributed by atoms with Crippen LogP contribution in [0.1, 0.15) is 44.1 Å². The lowest BCUT2D eigenvalue weighted by molar-refractivity contribution is -0.109. The van der Waals surface area contributed by atoms with Gasteiger partial charge in [-0.25, -0.2) is 28.4 Å². The second-order valence-corrected chi connectivity index (χ2v) is 17.8. The highest BCUT2D eigenvalue weighted by Gasteiger charge is 2.29. The van der Waals surface area contributed by atoms with E-state index in [1.807, 2.05) is 0 Å². The topological polar surface area (TPSA) is 257 Å². The molecule has 0 saturated carbocycles. The number of rotatable bonds is 14. The number of benzene rings is 1. The van der Waals surface area contributed by atoms with Gasteiger partial charge in [-0.3, -0.25) is 19.6 Å². The van der Waals surface area contributed by atoms with E-state index < -0.39 is 27.1 Å². The lowest BCUT2D eigenvalue weighted by atomic mass is 9.92. The zero-order valence-electron chi connectivity index (χ0n) is 34.7. The predicted octanol–water partition coefficient (Wildman–Crippen LogP) is 3.28. The summed E-state index contributed by atoms with van der Waals surface area (Å²) in [6.45, 7) is 4.71. The van der Waals surface area contributed by atoms with E-state index in [-0.39, 0.29) is 63.5 Å². The van der Waals surface area contributed by atoms with Gasteiger partial charge in [0.25, 0.3) is 11.1 Å². The van der Waals surface area contributed by atoms with E-state index in [2.05, 4.69) is 35.6 Å². The summed E-state index contributed by atoms with van der Waals surface area (Å²) in [6.07, 6.45) is 6.18. The van der Waals surface area contributed by atoms with Gasteiger partial charge in [0.2, 0.25) is 0 Å². The third-order valence-corrected chi connectivity index (χ3v) is 11.4. The van der Waals surface area contributed by atoms with Crippen molar-refractivity contribution in [2.45, 2.75) is 55.8 Å². The molecule has 1 aromatic carbocycles. The molecule has 0 amide bonds. The number of aldehydes is 1. The van der Waals surface area contributed by atoms with Gasteiger partial charge >= 0.3 is 0 Å². The van der Waals surface area contributed by atoms with Crippen molar-refractivity contribution in [1.29, 1.82) is 0 Å². The van der Waals surface area contributed by atoms with Crippen LogP contribution in [0.4, 0.5) is 17.3 Å². The quantitative estimate of drug-likeness (QED) is 0.0984. The minimum Gasteiger partial charge on any atom is -0.391 e. The van der Waals surface area contributed by atoms with E-state index >= 15 is 0 Å². The number of aliphatic hydroxyl groups excluding tert-OH is 1. The maximum atomic E-state index is 13.4. The highest BCUT2D eigenvalue weighted by molar-refractivity contribution is 7.90. The van der Waals surface area contributed by atoms with E-state index in [1.165, 1.54) is 41.0 Å². The Labute approximate surface area is 355 Å². The molecule has 0 saturated heterocycles. The van der Waals surface area contributed by atoms with Crippen LogP contribution in [0.15, 0.2) is 94.1 Å². The molecule has 0 aliphatic carbocycles. The molecular weight excluding hydrogens is 817 g/mol. The van der Waals surface area contributed by atoms with Crippen molar-refractivity contribution in [2.24, 2.45) is 14.1 Å². The average molecular weight is 861 g/mol. The Morgan fingerprint density at radius 1 is 0.774 bits per heavy atom. The molecule has 6 aromatic heterocycles. The molecule has 0 aliphatic heterocycles. The van der Waals surface area contributed by atoms with Crippen molar-refractivity contribution < 1.29 is 28.5 Å². The van der Waals surface area contributed by atoms with Gasteiger partial charge in [-0.05, 0) is 74.9 Å². The molecule has 2 unspecified atom stereocenters. The summed E-state index contributed by atoms with van der Waals surface area (Å²) in [7, 11) is -0.782. The van der Waals surface area contributed by atoms with Crippen LogP contribution in [0, 0.1) is 0 Å². The van der Waals surface area contributed by atoms with Crippen LogP contribution in [-0.2, 0) is 46.4 Å². The fourth-order valence-corrected chi connectivity index (χ4v) is 7.82. The van der Waals surface area contributed by atoms with E-state index in [4.69, 9.17) is 4.98 Å². The molecule has 5 N–H and O–H groups in total. The third kappa shape index (κ3) is 8.96. The number of pyridine rings is 4. The van der Waals surface area contributed by atoms with Gasteiger partial charge in [-0.2, -0.15) is 0 Å². The Balaban J connectivity index is 1.19. The van der Waals surface area contributed by atoms with Crippen molar-refractivity contribution in [3.05, 3.63) is 117 Å². The number of hydrogen-bond donors (Lipinski definition) is 5. The van der Waals surface area contributed by atoms with Gasteiger partial charge in [0.05, 0.1) is 57.5 Å². The molecule has 6 heterocycles. The molecule has 0 aliphatic rings. The zero-order chi connectivity index (χ0) is 44.7. The van der Waals surface area contributed by atoms with E-state index in [0.717, 1.165) is 6.26 Å². The fourth-order valence-electron chi connectivity index (χ4n) is 6.86. The van der Waals surface area contributed by atoms with Gasteiger partial charge in [0.1, 0.15) is 39.9 Å². The third-order valence-electron chi connectivity index (χ3n) is 10.2. The molecule has 62 heavy (non-hydrogen) atoms. The number of carbonyl (C=O) groups is 1. The lowest BCUT2D eigenvalue weighted by Gasteiger charge is -2.24. The first-order valence-corrected chi connectivity index (χ1v) is 21.2. The van der Waals surface area contributed by atoms with Crippen LogP contribution < -0.4 is 21.8 Å². The van der Waals surface area contributed by atoms with Gasteiger partial charge in [-0.15, -0.1) is 0 Å². The largest absolute Gasteiger partial charge is 0.391 e. The maximum Gasteiger partial charge on any atom is 0.264 e. The van der Waals surface area contributed by atoms with Crippen molar-refractivity contribution in [3.63, 3.8) is 0 Å². The van der Waals surface area contributed by atoms with E-state index in [9.17, 15) is 38.1 Å². The average Bonchev–Trinajstić information content (AvgIpc) is 3.22. The van der Waals surface area contributed by atoms with E-state index in [1.54, 1.807) is 82.7 Å². The van der Waals surface area contributed by atoms with Crippen molar-refractivity contribution in [1.82, 2.24) is 39.0 Å². The predicted molar refractivity (Wildman–Crippen MR) is 233 cm³/mol. The number of aliphatic hydroxyl groups is 3. The highest BCUT2D eigenvalue weighted by atomic mass is 32.2. The fraction of sp³-hybridized carbons (Fsp3) is 0.279. The Hall–Kier alpha value is -6.80. The molecular formula is C43H44N10O8S. The second kappa shape index (κ2) is 16.6. The molecule has 320 valence electrons. The molecule has 18 nitrogen and oxygen atoms in total. The molecule has 0 fully saturated rings. The molecule has 2 atom stereocenters. The molecule has 7 aromatic rings. The van der Waals surface area contributed by atoms with Gasteiger partial charge in [0, 0.05) is 68.9 Å². The van der Waals surface area contributed by atoms with Crippen LogP contribution in [0.3, 0.4) is 0 Å². The number of aromatic nitrogens is 8. The number of sulfone groups is 1. The van der Waals surface area contributed by atoms with Crippen LogP contribution in [0.5, 0.6) is 0 Å². The van der Waals surface area contributed by atoms with Gasteiger partial charge in [-0.1, -0.05) is 6.07 Å². The Morgan fingerprint density at radius 2 is 1.32 bits per heavy atom. The van der Waals surface area contributed by atoms with Crippen LogP contribution >= 0.6 is 0 Å². The summed E-state index contributed by atoms with van der Waals surface area (Å²) >= 11 is 0. The summed E-state index contributed by atoms with van der Waals surface area (Å²) in [5, 5.41) is 38.8. The molecule has 19 heteroatoms. The van der Waals surface area contributed by atoms with Gasteiger partial charge < -0.3 is 39.9 Å². The zero-order valence-corrected chi connectivity index (χ0v) is 35.5. The van der Waals surface area contributed by atoms with Crippen molar-refractivity contribution in [2.75, 3.05) is 23.4 Å². The normalized spacial score (nSPS) is 13.5. The number of carbonyl (C=O) groups excluding carboxylic acids is 1. The number of anilines is 3. The summed E-state index contributed by atoms with van der Waals surface area (Å²) in [6, 6.07) is 14.5. The van der Waals surface area contributed by atoms with Crippen LogP contribution in [-0.4, -0.2) is 88.0 Å². The number of fused-ring (bicyclic) bond motifs is 2. The SMILES string of the molecule is Cn1cnc2cc(-c3ccc(C(C)(O)Cc4ccc(Nc5nc(-c6ccc(C(C)(C)O)nc6)cc6ncn(C)c(=O)c56)cc4S(C)(=O)=O)nc3)nc(NCC(O)CC=O)c2c1=O. The standard InChI is InChI=1S/C43H44N10O8S/c1-42(2,58)34-11-8-25(19-44-34)30-17-32-37(41(57)53(5)23-48-32)39(51-30)49-27-10-7-24(33(15-27)62(6,60)61)18-43(3,59)35-12-9-26(20-45-35)29-16-31-36(40(56)52(4)22-47-31)38(50-29)46-21-28(55)13-14-54/h7-12,14-17,19-20,22-23,28,55,58-59H,13,18,21H2,1-6H3,(H,46,50)(H,49,51). The smallest absolute Gasteiger partial charge is 0.264 e. The van der Waals surface area contributed by atoms with Gasteiger partial charge in [0.15, 0.2) is 9.84 Å².